The number of hydrogen-bond donors (Lipinski definition) is 0. The quantitative estimate of drug-likeness (QED) is 0.676. The Morgan fingerprint density at radius 1 is 0.700 bits per heavy atom. The van der Waals surface area contributed by atoms with Crippen molar-refractivity contribution in [3.63, 3.8) is 0 Å². The molecule has 0 aliphatic heterocycles. The number of ether oxygens (including phenoxy) is 2. The molecular formula is C14H10Cl4O2. The van der Waals surface area contributed by atoms with Gasteiger partial charge in [0.1, 0.15) is 21.5 Å². The molecule has 2 rings (SSSR count). The van der Waals surface area contributed by atoms with E-state index in [9.17, 15) is 0 Å². The molecule has 0 saturated heterocycles. The first kappa shape index (κ1) is 15.6. The van der Waals surface area contributed by atoms with Crippen molar-refractivity contribution in [2.75, 3.05) is 14.2 Å². The minimum Gasteiger partial charge on any atom is -0.495 e. The Balaban J connectivity index is 2.69. The highest BCUT2D eigenvalue weighted by Crippen LogP contribution is 2.45. The van der Waals surface area contributed by atoms with E-state index in [2.05, 4.69) is 0 Å². The molecule has 2 nitrogen and oxygen atoms in total. The summed E-state index contributed by atoms with van der Waals surface area (Å²) >= 11 is 24.6. The zero-order chi connectivity index (χ0) is 14.9. The van der Waals surface area contributed by atoms with Crippen LogP contribution in [0.2, 0.25) is 20.1 Å². The Morgan fingerprint density at radius 2 is 1.35 bits per heavy atom. The summed E-state index contributed by atoms with van der Waals surface area (Å²) in [6, 6.07) is 6.97. The topological polar surface area (TPSA) is 18.5 Å². The lowest BCUT2D eigenvalue weighted by atomic mass is 10.0. The predicted molar refractivity (Wildman–Crippen MR) is 85.0 cm³/mol. The van der Waals surface area contributed by atoms with Gasteiger partial charge in [0.25, 0.3) is 0 Å². The summed E-state index contributed by atoms with van der Waals surface area (Å²) in [5, 5.41) is 1.43. The number of rotatable bonds is 3. The molecule has 0 aliphatic rings. The zero-order valence-electron chi connectivity index (χ0n) is 10.6. The lowest BCUT2D eigenvalue weighted by Gasteiger charge is -2.14. The number of methoxy groups -OCH3 is 2. The highest BCUT2D eigenvalue weighted by Gasteiger charge is 2.18. The third kappa shape index (κ3) is 2.66. The van der Waals surface area contributed by atoms with Crippen LogP contribution < -0.4 is 9.47 Å². The molecule has 0 aromatic heterocycles. The van der Waals surface area contributed by atoms with Crippen LogP contribution in [0.5, 0.6) is 11.5 Å². The van der Waals surface area contributed by atoms with Gasteiger partial charge in [0, 0.05) is 11.1 Å². The SMILES string of the molecule is COc1ccc(-c2ccc(Cl)c(Cl)c2OC)c(Cl)c1Cl. The van der Waals surface area contributed by atoms with Crippen LogP contribution in [0.3, 0.4) is 0 Å². The smallest absolute Gasteiger partial charge is 0.146 e. The van der Waals surface area contributed by atoms with Crippen LogP contribution in [0, 0.1) is 0 Å². The standard InChI is InChI=1S/C14H10Cl4O2/c1-19-10-6-4-7(11(16)13(10)18)8-3-5-9(15)12(17)14(8)20-2/h3-6H,1-2H3. The molecule has 0 N–H and O–H groups in total. The van der Waals surface area contributed by atoms with E-state index in [0.717, 1.165) is 0 Å². The van der Waals surface area contributed by atoms with Gasteiger partial charge in [0.05, 0.1) is 24.3 Å². The maximum absolute atomic E-state index is 6.29. The second-order valence-electron chi connectivity index (χ2n) is 3.89. The van der Waals surface area contributed by atoms with E-state index in [1.807, 2.05) is 0 Å². The van der Waals surface area contributed by atoms with Crippen molar-refractivity contribution < 1.29 is 9.47 Å². The van der Waals surface area contributed by atoms with Crippen LogP contribution in [0.1, 0.15) is 0 Å². The van der Waals surface area contributed by atoms with Crippen LogP contribution in [-0.4, -0.2) is 14.2 Å². The van der Waals surface area contributed by atoms with Crippen molar-refractivity contribution in [1.82, 2.24) is 0 Å². The molecule has 0 saturated carbocycles. The van der Waals surface area contributed by atoms with Gasteiger partial charge in [0.2, 0.25) is 0 Å². The normalized spacial score (nSPS) is 10.5. The number of hydrogen-bond acceptors (Lipinski definition) is 2. The van der Waals surface area contributed by atoms with Gasteiger partial charge >= 0.3 is 0 Å². The molecule has 0 bridgehead atoms. The van der Waals surface area contributed by atoms with Crippen LogP contribution in [0.4, 0.5) is 0 Å². The van der Waals surface area contributed by atoms with Gasteiger partial charge in [-0.15, -0.1) is 0 Å². The lowest BCUT2D eigenvalue weighted by molar-refractivity contribution is 0.414. The third-order valence-electron chi connectivity index (χ3n) is 2.81. The fraction of sp³-hybridized carbons (Fsp3) is 0.143. The molecule has 0 spiro atoms. The van der Waals surface area contributed by atoms with Crippen molar-refractivity contribution in [3.8, 4) is 22.6 Å². The summed E-state index contributed by atoms with van der Waals surface area (Å²) in [6.07, 6.45) is 0. The van der Waals surface area contributed by atoms with E-state index >= 15 is 0 Å². The summed E-state index contributed by atoms with van der Waals surface area (Å²) in [4.78, 5) is 0. The molecule has 20 heavy (non-hydrogen) atoms. The van der Waals surface area contributed by atoms with Crippen LogP contribution in [0.15, 0.2) is 24.3 Å². The summed E-state index contributed by atoms with van der Waals surface area (Å²) < 4.78 is 10.4. The summed E-state index contributed by atoms with van der Waals surface area (Å²) in [5.74, 6) is 0.946. The molecule has 0 atom stereocenters. The molecule has 2 aromatic carbocycles. The fourth-order valence-electron chi connectivity index (χ4n) is 1.84. The average molecular weight is 352 g/mol. The van der Waals surface area contributed by atoms with Crippen molar-refractivity contribution in [2.24, 2.45) is 0 Å². The molecule has 2 aromatic rings. The van der Waals surface area contributed by atoms with Gasteiger partial charge < -0.3 is 9.47 Å². The van der Waals surface area contributed by atoms with E-state index in [1.165, 1.54) is 14.2 Å². The minimum absolute atomic E-state index is 0.328. The second kappa shape index (κ2) is 6.31. The average Bonchev–Trinajstić information content (AvgIpc) is 2.45. The van der Waals surface area contributed by atoms with Crippen molar-refractivity contribution in [1.29, 1.82) is 0 Å². The molecule has 0 amide bonds. The largest absolute Gasteiger partial charge is 0.495 e. The van der Waals surface area contributed by atoms with Gasteiger partial charge in [-0.05, 0) is 24.3 Å². The zero-order valence-corrected chi connectivity index (χ0v) is 13.7. The molecule has 106 valence electrons. The Bertz CT molecular complexity index is 656. The van der Waals surface area contributed by atoms with Gasteiger partial charge in [-0.2, -0.15) is 0 Å². The van der Waals surface area contributed by atoms with E-state index in [1.54, 1.807) is 24.3 Å². The highest BCUT2D eigenvalue weighted by molar-refractivity contribution is 6.45. The fourth-order valence-corrected chi connectivity index (χ4v) is 2.73. The Hall–Kier alpha value is -0.800. The van der Waals surface area contributed by atoms with E-state index in [-0.39, 0.29) is 0 Å². The molecule has 0 fully saturated rings. The van der Waals surface area contributed by atoms with E-state index < -0.39 is 0 Å². The van der Waals surface area contributed by atoms with Gasteiger partial charge in [-0.25, -0.2) is 0 Å². The first-order chi connectivity index (χ1) is 9.51. The molecule has 0 unspecified atom stereocenters. The highest BCUT2D eigenvalue weighted by atomic mass is 35.5. The monoisotopic (exact) mass is 350 g/mol. The molecular weight excluding hydrogens is 342 g/mol. The predicted octanol–water partition coefficient (Wildman–Crippen LogP) is 5.98. The molecule has 6 heteroatoms. The van der Waals surface area contributed by atoms with Gasteiger partial charge in [-0.3, -0.25) is 0 Å². The molecule has 0 aliphatic carbocycles. The third-order valence-corrected chi connectivity index (χ3v) is 4.46. The van der Waals surface area contributed by atoms with Crippen molar-refractivity contribution >= 4 is 46.4 Å². The minimum atomic E-state index is 0.328. The first-order valence-electron chi connectivity index (χ1n) is 5.55. The van der Waals surface area contributed by atoms with Crippen LogP contribution >= 0.6 is 46.4 Å². The maximum Gasteiger partial charge on any atom is 0.146 e. The second-order valence-corrected chi connectivity index (χ2v) is 5.43. The molecule has 0 heterocycles. The summed E-state index contributed by atoms with van der Waals surface area (Å²) in [5.41, 5.74) is 1.39. The maximum atomic E-state index is 6.29. The van der Waals surface area contributed by atoms with Crippen LogP contribution in [-0.2, 0) is 0 Å². The summed E-state index contributed by atoms with van der Waals surface area (Å²) in [6.45, 7) is 0. The van der Waals surface area contributed by atoms with Crippen LogP contribution in [0.25, 0.3) is 11.1 Å². The summed E-state index contributed by atoms with van der Waals surface area (Å²) in [7, 11) is 3.04. The molecule has 0 radical (unpaired) electrons. The Labute approximate surface area is 137 Å². The lowest BCUT2D eigenvalue weighted by Crippen LogP contribution is -1.92. The van der Waals surface area contributed by atoms with Crippen molar-refractivity contribution in [3.05, 3.63) is 44.4 Å². The van der Waals surface area contributed by atoms with Crippen molar-refractivity contribution in [2.45, 2.75) is 0 Å². The van der Waals surface area contributed by atoms with E-state index in [4.69, 9.17) is 55.9 Å². The number of benzene rings is 2. The Kier molecular flexibility index (Phi) is 4.92. The van der Waals surface area contributed by atoms with Gasteiger partial charge in [-0.1, -0.05) is 46.4 Å². The number of halogens is 4. The van der Waals surface area contributed by atoms with E-state index in [0.29, 0.717) is 42.7 Å². The Morgan fingerprint density at radius 3 is 1.95 bits per heavy atom. The van der Waals surface area contributed by atoms with Gasteiger partial charge in [0.15, 0.2) is 0 Å². The first-order valence-corrected chi connectivity index (χ1v) is 7.06.